The van der Waals surface area contributed by atoms with Crippen LogP contribution in [0.25, 0.3) is 0 Å². The number of carbonyl (C=O) groups excluding carboxylic acids is 1. The lowest BCUT2D eigenvalue weighted by Gasteiger charge is -2.12. The Bertz CT molecular complexity index is 257. The molecule has 1 saturated heterocycles. The smallest absolute Gasteiger partial charge is 0.220 e. The van der Waals surface area contributed by atoms with E-state index in [1.165, 1.54) is 12.8 Å². The van der Waals surface area contributed by atoms with E-state index < -0.39 is 0 Å². The van der Waals surface area contributed by atoms with Gasteiger partial charge >= 0.3 is 0 Å². The van der Waals surface area contributed by atoms with E-state index >= 15 is 0 Å². The van der Waals surface area contributed by atoms with Crippen LogP contribution in [0.2, 0.25) is 0 Å². The molecule has 0 aromatic heterocycles. The van der Waals surface area contributed by atoms with Crippen LogP contribution in [0.4, 0.5) is 0 Å². The third kappa shape index (κ3) is 3.63. The van der Waals surface area contributed by atoms with Crippen LogP contribution in [0.3, 0.4) is 0 Å². The van der Waals surface area contributed by atoms with Crippen LogP contribution in [0.15, 0.2) is 12.2 Å². The number of rotatable bonds is 5. The summed E-state index contributed by atoms with van der Waals surface area (Å²) in [5.74, 6) is 0.708. The molecule has 1 fully saturated rings. The summed E-state index contributed by atoms with van der Waals surface area (Å²) in [6.45, 7) is 1.97. The first-order valence-corrected chi connectivity index (χ1v) is 6.51. The molecule has 2 rings (SSSR count). The van der Waals surface area contributed by atoms with Crippen LogP contribution < -0.4 is 10.6 Å². The maximum atomic E-state index is 11.6. The van der Waals surface area contributed by atoms with Crippen molar-refractivity contribution in [3.8, 4) is 0 Å². The fraction of sp³-hybridized carbons (Fsp3) is 0.769. The molecule has 2 N–H and O–H groups in total. The minimum Gasteiger partial charge on any atom is -0.356 e. The molecule has 0 saturated carbocycles. The first-order valence-electron chi connectivity index (χ1n) is 6.51. The van der Waals surface area contributed by atoms with Gasteiger partial charge in [-0.3, -0.25) is 4.79 Å². The third-order valence-electron chi connectivity index (χ3n) is 3.54. The summed E-state index contributed by atoms with van der Waals surface area (Å²) in [6.07, 6.45) is 11.0. The number of carbonyl (C=O) groups is 1. The first-order chi connectivity index (χ1) is 7.84. The molecule has 2 atom stereocenters. The van der Waals surface area contributed by atoms with E-state index in [1.807, 2.05) is 0 Å². The molecule has 1 heterocycles. The Morgan fingerprint density at radius 2 is 2.38 bits per heavy atom. The zero-order valence-corrected chi connectivity index (χ0v) is 9.87. The molecule has 0 spiro atoms. The fourth-order valence-electron chi connectivity index (χ4n) is 2.56. The van der Waals surface area contributed by atoms with Gasteiger partial charge in [-0.25, -0.2) is 0 Å². The van der Waals surface area contributed by atoms with Crippen LogP contribution in [0.1, 0.15) is 38.5 Å². The van der Waals surface area contributed by atoms with Crippen molar-refractivity contribution in [2.75, 3.05) is 13.1 Å². The lowest BCUT2D eigenvalue weighted by molar-refractivity contribution is -0.121. The Morgan fingerprint density at radius 3 is 3.06 bits per heavy atom. The van der Waals surface area contributed by atoms with Gasteiger partial charge in [0, 0.05) is 19.0 Å². The second-order valence-electron chi connectivity index (χ2n) is 4.90. The summed E-state index contributed by atoms with van der Waals surface area (Å²) in [5, 5.41) is 6.46. The van der Waals surface area contributed by atoms with Gasteiger partial charge in [-0.1, -0.05) is 12.2 Å². The normalized spacial score (nSPS) is 28.5. The van der Waals surface area contributed by atoms with Crippen LogP contribution in [-0.4, -0.2) is 25.0 Å². The predicted octanol–water partition coefficient (Wildman–Crippen LogP) is 1.60. The highest BCUT2D eigenvalue weighted by atomic mass is 16.1. The molecule has 90 valence electrons. The van der Waals surface area contributed by atoms with Crippen LogP contribution in [0.5, 0.6) is 0 Å². The van der Waals surface area contributed by atoms with E-state index in [-0.39, 0.29) is 5.91 Å². The molecular formula is C13H22N2O. The van der Waals surface area contributed by atoms with Gasteiger partial charge < -0.3 is 10.6 Å². The van der Waals surface area contributed by atoms with Gasteiger partial charge in [-0.2, -0.15) is 0 Å². The second kappa shape index (κ2) is 6.04. The highest BCUT2D eigenvalue weighted by Crippen LogP contribution is 2.19. The number of nitrogens with one attached hydrogen (secondary N) is 2. The number of hydrogen-bond donors (Lipinski definition) is 2. The van der Waals surface area contributed by atoms with Crippen molar-refractivity contribution in [2.24, 2.45) is 5.92 Å². The zero-order valence-electron chi connectivity index (χ0n) is 9.87. The Balaban J connectivity index is 1.54. The summed E-state index contributed by atoms with van der Waals surface area (Å²) >= 11 is 0. The van der Waals surface area contributed by atoms with Gasteiger partial charge in [0.2, 0.25) is 5.91 Å². The summed E-state index contributed by atoms with van der Waals surface area (Å²) < 4.78 is 0. The highest BCUT2D eigenvalue weighted by Gasteiger charge is 2.15. The molecule has 1 aliphatic heterocycles. The van der Waals surface area contributed by atoms with E-state index in [1.54, 1.807) is 0 Å². The van der Waals surface area contributed by atoms with Crippen molar-refractivity contribution in [1.29, 1.82) is 0 Å². The minimum absolute atomic E-state index is 0.217. The summed E-state index contributed by atoms with van der Waals surface area (Å²) in [4.78, 5) is 11.6. The van der Waals surface area contributed by atoms with Crippen molar-refractivity contribution in [3.05, 3.63) is 12.2 Å². The van der Waals surface area contributed by atoms with Crippen LogP contribution in [-0.2, 0) is 4.79 Å². The molecule has 2 aliphatic rings. The molecule has 1 aliphatic carbocycles. The molecule has 1 amide bonds. The Labute approximate surface area is 97.7 Å². The largest absolute Gasteiger partial charge is 0.356 e. The van der Waals surface area contributed by atoms with Gasteiger partial charge in [0.15, 0.2) is 0 Å². The van der Waals surface area contributed by atoms with E-state index in [2.05, 4.69) is 22.8 Å². The third-order valence-corrected chi connectivity index (χ3v) is 3.54. The topological polar surface area (TPSA) is 41.1 Å². The standard InChI is InChI=1S/C13H22N2O/c16-13(10-11-4-1-2-5-11)15-9-7-12-6-3-8-14-12/h1,4,11-12,14H,2-3,5-10H2,(H,15,16)/t11?,12-/m0/s1. The van der Waals surface area contributed by atoms with E-state index in [4.69, 9.17) is 0 Å². The molecule has 1 unspecified atom stereocenters. The average molecular weight is 222 g/mol. The summed E-state index contributed by atoms with van der Waals surface area (Å²) in [6, 6.07) is 0.631. The molecule has 0 bridgehead atoms. The first kappa shape index (κ1) is 11.6. The van der Waals surface area contributed by atoms with Crippen molar-refractivity contribution in [2.45, 2.75) is 44.6 Å². The lowest BCUT2D eigenvalue weighted by atomic mass is 10.0. The van der Waals surface area contributed by atoms with Crippen LogP contribution in [0, 0.1) is 5.92 Å². The number of amides is 1. The van der Waals surface area contributed by atoms with Gasteiger partial charge in [-0.15, -0.1) is 0 Å². The lowest BCUT2D eigenvalue weighted by Crippen LogP contribution is -2.31. The molecule has 3 nitrogen and oxygen atoms in total. The van der Waals surface area contributed by atoms with Crippen molar-refractivity contribution >= 4 is 5.91 Å². The van der Waals surface area contributed by atoms with E-state index in [9.17, 15) is 4.79 Å². The fourth-order valence-corrected chi connectivity index (χ4v) is 2.56. The maximum absolute atomic E-state index is 11.6. The molecule has 3 heteroatoms. The highest BCUT2D eigenvalue weighted by molar-refractivity contribution is 5.76. The zero-order chi connectivity index (χ0) is 11.2. The average Bonchev–Trinajstić information content (AvgIpc) is 2.90. The Kier molecular flexibility index (Phi) is 4.40. The quantitative estimate of drug-likeness (QED) is 0.694. The minimum atomic E-state index is 0.217. The molecular weight excluding hydrogens is 200 g/mol. The number of allylic oxidation sites excluding steroid dienone is 2. The van der Waals surface area contributed by atoms with E-state index in [0.717, 1.165) is 32.4 Å². The molecule has 0 radical (unpaired) electrons. The number of hydrogen-bond acceptors (Lipinski definition) is 2. The van der Waals surface area contributed by atoms with Crippen molar-refractivity contribution < 1.29 is 4.79 Å². The Morgan fingerprint density at radius 1 is 1.44 bits per heavy atom. The monoisotopic (exact) mass is 222 g/mol. The second-order valence-corrected chi connectivity index (χ2v) is 4.90. The van der Waals surface area contributed by atoms with Crippen LogP contribution >= 0.6 is 0 Å². The SMILES string of the molecule is O=C(CC1C=CCC1)NCC[C@@H]1CCCN1. The molecule has 0 aromatic carbocycles. The van der Waals surface area contributed by atoms with Gasteiger partial charge in [-0.05, 0) is 44.6 Å². The maximum Gasteiger partial charge on any atom is 0.220 e. The van der Waals surface area contributed by atoms with Gasteiger partial charge in [0.25, 0.3) is 0 Å². The van der Waals surface area contributed by atoms with Crippen molar-refractivity contribution in [3.63, 3.8) is 0 Å². The molecule has 0 aromatic rings. The Hall–Kier alpha value is -0.830. The summed E-state index contributed by atoms with van der Waals surface area (Å²) in [7, 11) is 0. The predicted molar refractivity (Wildman–Crippen MR) is 65.1 cm³/mol. The summed E-state index contributed by atoms with van der Waals surface area (Å²) in [5.41, 5.74) is 0. The van der Waals surface area contributed by atoms with Crippen molar-refractivity contribution in [1.82, 2.24) is 10.6 Å². The van der Waals surface area contributed by atoms with Gasteiger partial charge in [0.05, 0.1) is 0 Å². The molecule has 16 heavy (non-hydrogen) atoms. The van der Waals surface area contributed by atoms with Gasteiger partial charge in [0.1, 0.15) is 0 Å². The van der Waals surface area contributed by atoms with E-state index in [0.29, 0.717) is 18.4 Å².